The molecule has 0 heteroatoms. The van der Waals surface area contributed by atoms with Gasteiger partial charge in [0.1, 0.15) is 0 Å². The van der Waals surface area contributed by atoms with Crippen molar-refractivity contribution in [1.29, 1.82) is 0 Å². The van der Waals surface area contributed by atoms with Gasteiger partial charge < -0.3 is 0 Å². The van der Waals surface area contributed by atoms with Crippen LogP contribution in [0.1, 0.15) is 44.6 Å². The highest BCUT2D eigenvalue weighted by molar-refractivity contribution is 5.11. The van der Waals surface area contributed by atoms with E-state index in [9.17, 15) is 0 Å². The highest BCUT2D eigenvalue weighted by atomic mass is 14.0. The minimum atomic E-state index is 1.17. The molecule has 0 amide bonds. The van der Waals surface area contributed by atoms with Crippen molar-refractivity contribution in [1.82, 2.24) is 0 Å². The van der Waals surface area contributed by atoms with Crippen molar-refractivity contribution >= 4 is 0 Å². The number of aryl methyl sites for hydroxylation is 1. The maximum Gasteiger partial charge on any atom is -0.0149 e. The second kappa shape index (κ2) is 6.71. The Morgan fingerprint density at radius 2 is 1.92 bits per heavy atom. The summed E-state index contributed by atoms with van der Waals surface area (Å²) in [5, 5.41) is 0. The topological polar surface area (TPSA) is 0 Å². The summed E-state index contributed by atoms with van der Waals surface area (Å²) in [6.45, 7) is 2.25. The lowest BCUT2D eigenvalue weighted by molar-refractivity contribution is 0.632. The second-order valence-electron chi connectivity index (χ2n) is 3.48. The summed E-state index contributed by atoms with van der Waals surface area (Å²) in [5.74, 6) is 0. The normalized spacial score (nSPS) is 10.2. The van der Waals surface area contributed by atoms with E-state index in [4.69, 9.17) is 0 Å². The van der Waals surface area contributed by atoms with Crippen molar-refractivity contribution in [3.63, 3.8) is 0 Å². The van der Waals surface area contributed by atoms with E-state index in [2.05, 4.69) is 19.1 Å². The number of unbranched alkanes of at least 4 members (excludes halogenated alkanes) is 4. The molecule has 2 radical (unpaired) electrons. The molecule has 0 saturated heterocycles. The molecule has 0 bridgehead atoms. The molecule has 0 N–H and O–H groups in total. The summed E-state index contributed by atoms with van der Waals surface area (Å²) >= 11 is 0. The molecule has 0 heterocycles. The van der Waals surface area contributed by atoms with Crippen LogP contribution in [-0.2, 0) is 6.42 Å². The summed E-state index contributed by atoms with van der Waals surface area (Å²) in [6, 6.07) is 12.2. The Balaban J connectivity index is 2.07. The molecule has 13 heavy (non-hydrogen) atoms. The van der Waals surface area contributed by atoms with Crippen LogP contribution in [0.2, 0.25) is 0 Å². The van der Waals surface area contributed by atoms with E-state index in [1.807, 2.05) is 18.2 Å². The first-order valence-electron chi connectivity index (χ1n) is 5.30. The van der Waals surface area contributed by atoms with Crippen LogP contribution < -0.4 is 0 Å². The van der Waals surface area contributed by atoms with Gasteiger partial charge in [-0.05, 0) is 30.5 Å². The third-order valence-electron chi connectivity index (χ3n) is 2.26. The van der Waals surface area contributed by atoms with Crippen LogP contribution in [-0.4, -0.2) is 0 Å². The number of hydrogen-bond donors (Lipinski definition) is 0. The van der Waals surface area contributed by atoms with Crippen LogP contribution in [0, 0.1) is 12.1 Å². The lowest BCUT2D eigenvalue weighted by Gasteiger charge is -1.99. The first-order valence-corrected chi connectivity index (χ1v) is 5.30. The first-order chi connectivity index (χ1) is 6.43. The summed E-state index contributed by atoms with van der Waals surface area (Å²) in [6.07, 6.45) is 7.91. The second-order valence-corrected chi connectivity index (χ2v) is 3.48. The number of benzene rings is 1. The van der Waals surface area contributed by atoms with Crippen LogP contribution in [0.4, 0.5) is 0 Å². The molecule has 0 unspecified atom stereocenters. The van der Waals surface area contributed by atoms with Gasteiger partial charge in [0.15, 0.2) is 0 Å². The van der Waals surface area contributed by atoms with Gasteiger partial charge in [-0.15, -0.1) is 0 Å². The molecule has 0 spiro atoms. The fourth-order valence-corrected chi connectivity index (χ4v) is 1.45. The molecule has 1 aromatic rings. The lowest BCUT2D eigenvalue weighted by atomic mass is 10.1. The minimum Gasteiger partial charge on any atom is -0.0654 e. The molecular formula is C13H18. The lowest BCUT2D eigenvalue weighted by Crippen LogP contribution is -1.85. The van der Waals surface area contributed by atoms with E-state index in [0.29, 0.717) is 0 Å². The van der Waals surface area contributed by atoms with Gasteiger partial charge in [0.05, 0.1) is 0 Å². The molecule has 0 fully saturated rings. The summed E-state index contributed by atoms with van der Waals surface area (Å²) in [7, 11) is 0. The standard InChI is InChI=1S/C13H18/c1-2-3-4-5-7-10-13-11-8-6-9-12-13/h6,8,12H,2-5,7,10H2,1H3. The molecular weight excluding hydrogens is 156 g/mol. The zero-order valence-corrected chi connectivity index (χ0v) is 8.47. The van der Waals surface area contributed by atoms with E-state index in [1.54, 1.807) is 0 Å². The Bertz CT molecular complexity index is 201. The maximum absolute atomic E-state index is 3.23. The molecule has 0 nitrogen and oxygen atoms in total. The van der Waals surface area contributed by atoms with Crippen LogP contribution >= 0.6 is 0 Å². The average Bonchev–Trinajstić information content (AvgIpc) is 2.19. The zero-order valence-electron chi connectivity index (χ0n) is 8.47. The predicted octanol–water partition coefficient (Wildman–Crippen LogP) is 3.80. The van der Waals surface area contributed by atoms with E-state index < -0.39 is 0 Å². The summed E-state index contributed by atoms with van der Waals surface area (Å²) in [5.41, 5.74) is 1.30. The zero-order chi connectivity index (χ0) is 9.36. The maximum atomic E-state index is 3.23. The quantitative estimate of drug-likeness (QED) is 0.575. The van der Waals surface area contributed by atoms with Crippen molar-refractivity contribution in [3.8, 4) is 0 Å². The van der Waals surface area contributed by atoms with Crippen molar-refractivity contribution in [2.45, 2.75) is 45.4 Å². The fourth-order valence-electron chi connectivity index (χ4n) is 1.45. The van der Waals surface area contributed by atoms with Crippen molar-refractivity contribution < 1.29 is 0 Å². The molecule has 0 aliphatic carbocycles. The van der Waals surface area contributed by atoms with E-state index in [0.717, 1.165) is 0 Å². The molecule has 0 aromatic heterocycles. The SMILES string of the molecule is CCCCCCCc1[c]cc[c]c1. The Labute approximate surface area is 82.0 Å². The highest BCUT2D eigenvalue weighted by Crippen LogP contribution is 2.07. The first kappa shape index (κ1) is 10.3. The predicted molar refractivity (Wildman–Crippen MR) is 56.6 cm³/mol. The highest BCUT2D eigenvalue weighted by Gasteiger charge is 1.92. The molecule has 0 atom stereocenters. The Kier molecular flexibility index (Phi) is 5.31. The van der Waals surface area contributed by atoms with Crippen LogP contribution in [0.3, 0.4) is 0 Å². The van der Waals surface area contributed by atoms with Gasteiger partial charge in [-0.2, -0.15) is 0 Å². The molecule has 1 rings (SSSR count). The van der Waals surface area contributed by atoms with Crippen molar-refractivity contribution in [2.75, 3.05) is 0 Å². The molecule has 0 aliphatic heterocycles. The van der Waals surface area contributed by atoms with Gasteiger partial charge in [0.25, 0.3) is 0 Å². The van der Waals surface area contributed by atoms with Crippen molar-refractivity contribution in [2.24, 2.45) is 0 Å². The van der Waals surface area contributed by atoms with Gasteiger partial charge in [-0.1, -0.05) is 50.8 Å². The monoisotopic (exact) mass is 174 g/mol. The van der Waals surface area contributed by atoms with Gasteiger partial charge in [-0.25, -0.2) is 0 Å². The molecule has 0 saturated carbocycles. The third-order valence-corrected chi connectivity index (χ3v) is 2.26. The average molecular weight is 174 g/mol. The largest absolute Gasteiger partial charge is 0.0654 e. The minimum absolute atomic E-state index is 1.17. The van der Waals surface area contributed by atoms with E-state index in [1.165, 1.54) is 44.1 Å². The van der Waals surface area contributed by atoms with Gasteiger partial charge >= 0.3 is 0 Å². The third kappa shape index (κ3) is 4.72. The van der Waals surface area contributed by atoms with Gasteiger partial charge in [0, 0.05) is 0 Å². The number of rotatable bonds is 6. The fraction of sp³-hybridized carbons (Fsp3) is 0.538. The van der Waals surface area contributed by atoms with Crippen molar-refractivity contribution in [3.05, 3.63) is 35.9 Å². The Morgan fingerprint density at radius 1 is 1.08 bits per heavy atom. The van der Waals surface area contributed by atoms with E-state index in [-0.39, 0.29) is 0 Å². The molecule has 1 aromatic carbocycles. The Hall–Kier alpha value is -0.780. The summed E-state index contributed by atoms with van der Waals surface area (Å²) < 4.78 is 0. The van der Waals surface area contributed by atoms with Gasteiger partial charge in [0.2, 0.25) is 0 Å². The summed E-state index contributed by atoms with van der Waals surface area (Å²) in [4.78, 5) is 0. The van der Waals surface area contributed by atoms with Gasteiger partial charge in [-0.3, -0.25) is 0 Å². The molecule has 70 valence electrons. The smallest absolute Gasteiger partial charge is 0.0149 e. The Morgan fingerprint density at radius 3 is 2.62 bits per heavy atom. The van der Waals surface area contributed by atoms with Crippen LogP contribution in [0.5, 0.6) is 0 Å². The van der Waals surface area contributed by atoms with Crippen LogP contribution in [0.15, 0.2) is 18.2 Å². The molecule has 0 aliphatic rings. The number of hydrogen-bond acceptors (Lipinski definition) is 0. The van der Waals surface area contributed by atoms with Crippen LogP contribution in [0.25, 0.3) is 0 Å². The van der Waals surface area contributed by atoms with E-state index >= 15 is 0 Å².